The van der Waals surface area contributed by atoms with E-state index in [4.69, 9.17) is 0 Å². The lowest BCUT2D eigenvalue weighted by Gasteiger charge is -2.33. The largest absolute Gasteiger partial charge is 0.332 e. The van der Waals surface area contributed by atoms with Crippen LogP contribution in [0.15, 0.2) is 58.0 Å². The van der Waals surface area contributed by atoms with Gasteiger partial charge < -0.3 is 9.80 Å². The van der Waals surface area contributed by atoms with Gasteiger partial charge in [0.05, 0.1) is 4.90 Å². The Morgan fingerprint density at radius 3 is 2.61 bits per heavy atom. The molecule has 31 heavy (non-hydrogen) atoms. The van der Waals surface area contributed by atoms with Gasteiger partial charge in [-0.15, -0.1) is 0 Å². The number of halogens is 1. The maximum absolute atomic E-state index is 13.0. The molecule has 1 atom stereocenters. The van der Waals surface area contributed by atoms with Crippen LogP contribution in [0.25, 0.3) is 10.8 Å². The second-order valence-electron chi connectivity index (χ2n) is 7.94. The van der Waals surface area contributed by atoms with Gasteiger partial charge in [-0.3, -0.25) is 9.59 Å². The number of fused-ring (bicyclic) bond motifs is 1. The number of sulfonamides is 1. The lowest BCUT2D eigenvalue weighted by Crippen LogP contribution is -2.54. The lowest BCUT2D eigenvalue weighted by atomic mass is 10.1. The molecule has 7 nitrogen and oxygen atoms in total. The molecule has 0 aromatic heterocycles. The van der Waals surface area contributed by atoms with Crippen molar-refractivity contribution in [2.75, 3.05) is 19.6 Å². The molecule has 0 bridgehead atoms. The Bertz CT molecular complexity index is 1160. The molecule has 9 heteroatoms. The van der Waals surface area contributed by atoms with Gasteiger partial charge in [0.15, 0.2) is 0 Å². The Hall–Kier alpha value is -2.23. The molecule has 2 amide bonds. The van der Waals surface area contributed by atoms with Crippen molar-refractivity contribution in [2.45, 2.75) is 36.6 Å². The molecule has 2 aromatic rings. The fourth-order valence-electron chi connectivity index (χ4n) is 4.11. The summed E-state index contributed by atoms with van der Waals surface area (Å²) in [6.45, 7) is 4.90. The zero-order valence-electron chi connectivity index (χ0n) is 17.0. The predicted octanol–water partition coefficient (Wildman–Crippen LogP) is 3.01. The molecule has 164 valence electrons. The Balaban J connectivity index is 1.47. The first kappa shape index (κ1) is 22.0. The molecule has 2 aliphatic heterocycles. The van der Waals surface area contributed by atoms with Crippen LogP contribution in [-0.2, 0) is 19.6 Å². The second kappa shape index (κ2) is 8.72. The van der Waals surface area contributed by atoms with Crippen LogP contribution in [0, 0.1) is 0 Å². The minimum Gasteiger partial charge on any atom is -0.332 e. The van der Waals surface area contributed by atoms with Gasteiger partial charge in [0.25, 0.3) is 0 Å². The van der Waals surface area contributed by atoms with Gasteiger partial charge in [0, 0.05) is 23.3 Å². The van der Waals surface area contributed by atoms with Crippen LogP contribution in [0.2, 0.25) is 0 Å². The molecule has 0 saturated carbocycles. The number of rotatable bonds is 5. The van der Waals surface area contributed by atoms with Crippen molar-refractivity contribution in [2.24, 2.45) is 0 Å². The summed E-state index contributed by atoms with van der Waals surface area (Å²) in [5, 5.41) is 1.70. The number of likely N-dealkylation sites (tertiary alicyclic amines) is 2. The summed E-state index contributed by atoms with van der Waals surface area (Å²) in [6, 6.07) is 9.58. The zero-order chi connectivity index (χ0) is 22.2. The highest BCUT2D eigenvalue weighted by Crippen LogP contribution is 2.24. The van der Waals surface area contributed by atoms with Crippen molar-refractivity contribution in [3.8, 4) is 0 Å². The molecule has 0 radical (unpaired) electrons. The van der Waals surface area contributed by atoms with Gasteiger partial charge in [-0.25, -0.2) is 8.42 Å². The number of carbonyl (C=O) groups is 2. The van der Waals surface area contributed by atoms with Crippen LogP contribution in [0.5, 0.6) is 0 Å². The highest BCUT2D eigenvalue weighted by molar-refractivity contribution is 9.10. The summed E-state index contributed by atoms with van der Waals surface area (Å²) in [6.07, 6.45) is 2.69. The molecule has 2 fully saturated rings. The summed E-state index contributed by atoms with van der Waals surface area (Å²) in [5.74, 6) is -0.530. The predicted molar refractivity (Wildman–Crippen MR) is 122 cm³/mol. The number of hydrogen-bond acceptors (Lipinski definition) is 4. The maximum Gasteiger partial charge on any atom is 0.246 e. The molecule has 2 saturated heterocycles. The number of hydrogen-bond donors (Lipinski definition) is 1. The molecule has 2 aromatic carbocycles. The van der Waals surface area contributed by atoms with Gasteiger partial charge in [-0.2, -0.15) is 4.72 Å². The number of benzene rings is 2. The minimum atomic E-state index is -3.89. The van der Waals surface area contributed by atoms with Crippen LogP contribution in [0.1, 0.15) is 25.7 Å². The highest BCUT2D eigenvalue weighted by atomic mass is 79.9. The van der Waals surface area contributed by atoms with E-state index in [1.165, 1.54) is 11.0 Å². The van der Waals surface area contributed by atoms with E-state index in [9.17, 15) is 18.0 Å². The summed E-state index contributed by atoms with van der Waals surface area (Å²) in [7, 11) is -3.89. The summed E-state index contributed by atoms with van der Waals surface area (Å²) in [4.78, 5) is 28.7. The van der Waals surface area contributed by atoms with Gasteiger partial charge in [-0.05, 0) is 60.7 Å². The Morgan fingerprint density at radius 2 is 1.87 bits per heavy atom. The Labute approximate surface area is 190 Å². The van der Waals surface area contributed by atoms with E-state index in [0.29, 0.717) is 25.9 Å². The Kier molecular flexibility index (Phi) is 6.18. The fraction of sp³-hybridized carbons (Fsp3) is 0.364. The van der Waals surface area contributed by atoms with E-state index in [2.05, 4.69) is 27.2 Å². The van der Waals surface area contributed by atoms with Crippen molar-refractivity contribution < 1.29 is 18.0 Å². The average molecular weight is 506 g/mol. The first-order valence-corrected chi connectivity index (χ1v) is 12.5. The number of piperidine rings is 1. The highest BCUT2D eigenvalue weighted by Gasteiger charge is 2.34. The van der Waals surface area contributed by atoms with E-state index in [-0.39, 0.29) is 23.3 Å². The molecule has 0 aliphatic carbocycles. The van der Waals surface area contributed by atoms with Gasteiger partial charge in [-0.1, -0.05) is 34.6 Å². The topological polar surface area (TPSA) is 86.8 Å². The number of allylic oxidation sites excluding steroid dienone is 1. The molecular weight excluding hydrogens is 482 g/mol. The standard InChI is InChI=1S/C22H24BrN3O4S/c1-15-4-2-11-26(15)21(27)14-25-10-3-5-20(22(25)28)24-31(29,30)19-9-7-16-12-18(23)8-6-17(16)13-19/h6-9,12-13,20,24H,1-5,10-11,14H2/t20-/m0/s1. The van der Waals surface area contributed by atoms with E-state index >= 15 is 0 Å². The minimum absolute atomic E-state index is 0.0546. The van der Waals surface area contributed by atoms with Crippen molar-refractivity contribution >= 4 is 48.5 Å². The van der Waals surface area contributed by atoms with E-state index in [0.717, 1.165) is 33.8 Å². The second-order valence-corrected chi connectivity index (χ2v) is 10.6. The maximum atomic E-state index is 13.0. The lowest BCUT2D eigenvalue weighted by molar-refractivity contribution is -0.142. The number of amides is 2. The van der Waals surface area contributed by atoms with Gasteiger partial charge in [0.2, 0.25) is 21.8 Å². The number of carbonyl (C=O) groups excluding carboxylic acids is 2. The van der Waals surface area contributed by atoms with Crippen LogP contribution in [-0.4, -0.2) is 55.7 Å². The van der Waals surface area contributed by atoms with Crippen LogP contribution in [0.4, 0.5) is 0 Å². The van der Waals surface area contributed by atoms with Crippen molar-refractivity contribution in [3.63, 3.8) is 0 Å². The summed E-state index contributed by atoms with van der Waals surface area (Å²) >= 11 is 3.41. The first-order chi connectivity index (χ1) is 14.7. The molecule has 4 rings (SSSR count). The SMILES string of the molecule is C=C1CCCN1C(=O)CN1CCC[C@H](NS(=O)(=O)c2ccc3cc(Br)ccc3c2)C1=O. The smallest absolute Gasteiger partial charge is 0.246 e. The third-order valence-corrected chi connectivity index (χ3v) is 7.73. The van der Waals surface area contributed by atoms with Crippen LogP contribution in [0.3, 0.4) is 0 Å². The van der Waals surface area contributed by atoms with Crippen molar-refractivity contribution in [1.82, 2.24) is 14.5 Å². The van der Waals surface area contributed by atoms with Gasteiger partial charge >= 0.3 is 0 Å². The molecule has 1 N–H and O–H groups in total. The molecule has 0 unspecified atom stereocenters. The van der Waals surface area contributed by atoms with Crippen molar-refractivity contribution in [1.29, 1.82) is 0 Å². The van der Waals surface area contributed by atoms with E-state index in [1.807, 2.05) is 18.2 Å². The van der Waals surface area contributed by atoms with Crippen LogP contribution < -0.4 is 4.72 Å². The summed E-state index contributed by atoms with van der Waals surface area (Å²) < 4.78 is 29.4. The molecule has 2 heterocycles. The monoisotopic (exact) mass is 505 g/mol. The van der Waals surface area contributed by atoms with E-state index < -0.39 is 16.1 Å². The number of nitrogens with zero attached hydrogens (tertiary/aromatic N) is 2. The fourth-order valence-corrected chi connectivity index (χ4v) is 5.75. The first-order valence-electron chi connectivity index (χ1n) is 10.2. The van der Waals surface area contributed by atoms with Gasteiger partial charge in [0.1, 0.15) is 12.6 Å². The molecular formula is C22H24BrN3O4S. The van der Waals surface area contributed by atoms with Crippen molar-refractivity contribution in [3.05, 3.63) is 53.1 Å². The Morgan fingerprint density at radius 1 is 1.13 bits per heavy atom. The molecule has 0 spiro atoms. The normalized spacial score (nSPS) is 20.0. The third kappa shape index (κ3) is 4.68. The summed E-state index contributed by atoms with van der Waals surface area (Å²) in [5.41, 5.74) is 0.773. The zero-order valence-corrected chi connectivity index (χ0v) is 19.4. The quantitative estimate of drug-likeness (QED) is 0.676. The van der Waals surface area contributed by atoms with Crippen LogP contribution >= 0.6 is 15.9 Å². The molecule has 2 aliphatic rings. The number of nitrogens with one attached hydrogen (secondary N) is 1. The van der Waals surface area contributed by atoms with E-state index in [1.54, 1.807) is 17.0 Å². The average Bonchev–Trinajstić information content (AvgIpc) is 3.16. The third-order valence-electron chi connectivity index (χ3n) is 5.77.